The summed E-state index contributed by atoms with van der Waals surface area (Å²) in [6, 6.07) is 6.97. The molecule has 0 saturated carbocycles. The van der Waals surface area contributed by atoms with Crippen molar-refractivity contribution in [2.24, 2.45) is 0 Å². The third-order valence-electron chi connectivity index (χ3n) is 2.54. The standard InChI is InChI=1S/C13H15NO4/c1-3-11(12-8-17-12)18-13(15)14-9-4-6-10(16-2)7-5-9/h3-7,11-12H,1,8H2,2H3,(H,14,15)/t11-,12-/m1/s1. The van der Waals surface area contributed by atoms with E-state index in [0.29, 0.717) is 12.3 Å². The topological polar surface area (TPSA) is 60.1 Å². The molecule has 0 aliphatic carbocycles. The summed E-state index contributed by atoms with van der Waals surface area (Å²) in [5.74, 6) is 0.726. The number of rotatable bonds is 5. The molecule has 1 amide bonds. The van der Waals surface area contributed by atoms with Crippen molar-refractivity contribution >= 4 is 11.8 Å². The van der Waals surface area contributed by atoms with Gasteiger partial charge in [-0.25, -0.2) is 4.79 Å². The Morgan fingerprint density at radius 2 is 2.22 bits per heavy atom. The quantitative estimate of drug-likeness (QED) is 0.642. The van der Waals surface area contributed by atoms with Crippen LogP contribution < -0.4 is 10.1 Å². The zero-order valence-corrected chi connectivity index (χ0v) is 10.1. The van der Waals surface area contributed by atoms with E-state index < -0.39 is 12.2 Å². The van der Waals surface area contributed by atoms with Crippen molar-refractivity contribution < 1.29 is 19.0 Å². The normalized spacial score (nSPS) is 18.6. The first-order valence-electron chi connectivity index (χ1n) is 5.59. The fraction of sp³-hybridized carbons (Fsp3) is 0.308. The summed E-state index contributed by atoms with van der Waals surface area (Å²) in [6.07, 6.45) is 0.582. The molecule has 5 heteroatoms. The molecule has 0 spiro atoms. The molecule has 1 aromatic rings. The molecule has 0 unspecified atom stereocenters. The van der Waals surface area contributed by atoms with Crippen molar-refractivity contribution in [3.05, 3.63) is 36.9 Å². The number of epoxide rings is 1. The maximum atomic E-state index is 11.6. The van der Waals surface area contributed by atoms with Gasteiger partial charge in [0.2, 0.25) is 0 Å². The molecule has 2 atom stereocenters. The van der Waals surface area contributed by atoms with Crippen LogP contribution in [-0.4, -0.2) is 32.0 Å². The number of benzene rings is 1. The van der Waals surface area contributed by atoms with Crippen LogP contribution in [0, 0.1) is 0 Å². The molecular weight excluding hydrogens is 234 g/mol. The van der Waals surface area contributed by atoms with E-state index in [0.717, 1.165) is 5.75 Å². The Morgan fingerprint density at radius 1 is 1.56 bits per heavy atom. The van der Waals surface area contributed by atoms with Crippen LogP contribution in [0.5, 0.6) is 5.75 Å². The van der Waals surface area contributed by atoms with Crippen molar-refractivity contribution in [1.82, 2.24) is 0 Å². The molecule has 1 aliphatic rings. The summed E-state index contributed by atoms with van der Waals surface area (Å²) >= 11 is 0. The van der Waals surface area contributed by atoms with Crippen molar-refractivity contribution in [1.29, 1.82) is 0 Å². The number of methoxy groups -OCH3 is 1. The molecule has 0 bridgehead atoms. The lowest BCUT2D eigenvalue weighted by Gasteiger charge is -2.12. The number of hydrogen-bond donors (Lipinski definition) is 1. The van der Waals surface area contributed by atoms with Gasteiger partial charge in [0, 0.05) is 5.69 Å². The highest BCUT2D eigenvalue weighted by Crippen LogP contribution is 2.19. The summed E-state index contributed by atoms with van der Waals surface area (Å²) in [6.45, 7) is 4.21. The van der Waals surface area contributed by atoms with Gasteiger partial charge in [0.25, 0.3) is 0 Å². The molecule has 18 heavy (non-hydrogen) atoms. The van der Waals surface area contributed by atoms with Crippen LogP contribution in [0.3, 0.4) is 0 Å². The maximum absolute atomic E-state index is 11.6. The second-order valence-corrected chi connectivity index (χ2v) is 3.83. The lowest BCUT2D eigenvalue weighted by Crippen LogP contribution is -2.24. The summed E-state index contributed by atoms with van der Waals surface area (Å²) in [5, 5.41) is 2.62. The van der Waals surface area contributed by atoms with E-state index in [1.807, 2.05) is 0 Å². The van der Waals surface area contributed by atoms with Crippen LogP contribution in [-0.2, 0) is 9.47 Å². The molecule has 2 rings (SSSR count). The van der Waals surface area contributed by atoms with Gasteiger partial charge in [-0.2, -0.15) is 0 Å². The highest BCUT2D eigenvalue weighted by Gasteiger charge is 2.33. The lowest BCUT2D eigenvalue weighted by molar-refractivity contribution is 0.116. The van der Waals surface area contributed by atoms with Crippen molar-refractivity contribution in [2.75, 3.05) is 19.0 Å². The predicted molar refractivity (Wildman–Crippen MR) is 66.8 cm³/mol. The summed E-state index contributed by atoms with van der Waals surface area (Å²) in [7, 11) is 1.58. The molecule has 0 radical (unpaired) electrons. The average molecular weight is 249 g/mol. The largest absolute Gasteiger partial charge is 0.497 e. The van der Waals surface area contributed by atoms with Crippen LogP contribution in [0.15, 0.2) is 36.9 Å². The maximum Gasteiger partial charge on any atom is 0.412 e. The summed E-state index contributed by atoms with van der Waals surface area (Å²) < 4.78 is 15.2. The third kappa shape index (κ3) is 3.24. The number of nitrogens with one attached hydrogen (secondary N) is 1. The molecule has 1 aliphatic heterocycles. The van der Waals surface area contributed by atoms with Crippen molar-refractivity contribution in [3.8, 4) is 5.75 Å². The van der Waals surface area contributed by atoms with Gasteiger partial charge >= 0.3 is 6.09 Å². The number of amides is 1. The molecular formula is C13H15NO4. The number of ether oxygens (including phenoxy) is 3. The van der Waals surface area contributed by atoms with Crippen LogP contribution in [0.2, 0.25) is 0 Å². The second kappa shape index (κ2) is 5.55. The predicted octanol–water partition coefficient (Wildman–Crippen LogP) is 2.20. The van der Waals surface area contributed by atoms with E-state index in [-0.39, 0.29) is 6.10 Å². The van der Waals surface area contributed by atoms with Crippen molar-refractivity contribution in [3.63, 3.8) is 0 Å². The van der Waals surface area contributed by atoms with Crippen LogP contribution in [0.4, 0.5) is 10.5 Å². The monoisotopic (exact) mass is 249 g/mol. The Labute approximate surface area is 105 Å². The molecule has 1 fully saturated rings. The number of hydrogen-bond acceptors (Lipinski definition) is 4. The van der Waals surface area contributed by atoms with Gasteiger partial charge in [0.1, 0.15) is 18.0 Å². The zero-order chi connectivity index (χ0) is 13.0. The molecule has 0 aromatic heterocycles. The highest BCUT2D eigenvalue weighted by atomic mass is 16.6. The number of anilines is 1. The number of carbonyl (C=O) groups excluding carboxylic acids is 1. The Kier molecular flexibility index (Phi) is 3.84. The molecule has 1 saturated heterocycles. The van der Waals surface area contributed by atoms with Crippen LogP contribution >= 0.6 is 0 Å². The highest BCUT2D eigenvalue weighted by molar-refractivity contribution is 5.84. The SMILES string of the molecule is C=C[C@@H](OC(=O)Nc1ccc(OC)cc1)[C@H]1CO1. The van der Waals surface area contributed by atoms with Gasteiger partial charge in [-0.05, 0) is 30.3 Å². The van der Waals surface area contributed by atoms with Gasteiger partial charge < -0.3 is 14.2 Å². The van der Waals surface area contributed by atoms with Gasteiger partial charge in [0.15, 0.2) is 0 Å². The van der Waals surface area contributed by atoms with E-state index >= 15 is 0 Å². The van der Waals surface area contributed by atoms with E-state index in [9.17, 15) is 4.79 Å². The minimum Gasteiger partial charge on any atom is -0.497 e. The fourth-order valence-corrected chi connectivity index (χ4v) is 1.47. The zero-order valence-electron chi connectivity index (χ0n) is 10.1. The first-order valence-corrected chi connectivity index (χ1v) is 5.59. The molecule has 96 valence electrons. The Balaban J connectivity index is 1.87. The minimum atomic E-state index is -0.527. The van der Waals surface area contributed by atoms with Gasteiger partial charge in [-0.3, -0.25) is 5.32 Å². The minimum absolute atomic E-state index is 0.0517. The van der Waals surface area contributed by atoms with Crippen LogP contribution in [0.1, 0.15) is 0 Å². The van der Waals surface area contributed by atoms with E-state index in [1.165, 1.54) is 0 Å². The first kappa shape index (κ1) is 12.4. The van der Waals surface area contributed by atoms with Crippen molar-refractivity contribution in [2.45, 2.75) is 12.2 Å². The third-order valence-corrected chi connectivity index (χ3v) is 2.54. The molecule has 5 nitrogen and oxygen atoms in total. The second-order valence-electron chi connectivity index (χ2n) is 3.83. The molecule has 1 aromatic carbocycles. The first-order chi connectivity index (χ1) is 8.72. The van der Waals surface area contributed by atoms with E-state index in [2.05, 4.69) is 11.9 Å². The summed E-state index contributed by atoms with van der Waals surface area (Å²) in [5.41, 5.74) is 0.639. The van der Waals surface area contributed by atoms with E-state index in [4.69, 9.17) is 14.2 Å². The Hall–Kier alpha value is -2.01. The lowest BCUT2D eigenvalue weighted by atomic mass is 10.3. The molecule has 1 N–H and O–H groups in total. The number of carbonyl (C=O) groups is 1. The Bertz CT molecular complexity index is 425. The van der Waals surface area contributed by atoms with Gasteiger partial charge in [-0.15, -0.1) is 0 Å². The average Bonchev–Trinajstić information content (AvgIpc) is 3.21. The van der Waals surface area contributed by atoms with E-state index in [1.54, 1.807) is 37.5 Å². The molecule has 1 heterocycles. The smallest absolute Gasteiger partial charge is 0.412 e. The Morgan fingerprint density at radius 3 is 2.72 bits per heavy atom. The van der Waals surface area contributed by atoms with Gasteiger partial charge in [0.05, 0.1) is 13.7 Å². The van der Waals surface area contributed by atoms with Gasteiger partial charge in [-0.1, -0.05) is 6.58 Å². The van der Waals surface area contributed by atoms with Crippen LogP contribution in [0.25, 0.3) is 0 Å². The summed E-state index contributed by atoms with van der Waals surface area (Å²) in [4.78, 5) is 11.6. The fourth-order valence-electron chi connectivity index (χ4n) is 1.47.